The lowest BCUT2D eigenvalue weighted by Gasteiger charge is -2.20. The molecule has 0 heterocycles. The maximum atomic E-state index is 3.82. The van der Waals surface area contributed by atoms with Crippen LogP contribution in [0.15, 0.2) is 36.9 Å². The summed E-state index contributed by atoms with van der Waals surface area (Å²) in [5.74, 6) is 0. The van der Waals surface area contributed by atoms with E-state index >= 15 is 0 Å². The van der Waals surface area contributed by atoms with Crippen molar-refractivity contribution in [3.8, 4) is 0 Å². The predicted molar refractivity (Wildman–Crippen MR) is 79.6 cm³/mol. The Morgan fingerprint density at radius 1 is 1.17 bits per heavy atom. The Balaban J connectivity index is 2.52. The van der Waals surface area contributed by atoms with Crippen molar-refractivity contribution in [2.75, 3.05) is 19.6 Å². The summed E-state index contributed by atoms with van der Waals surface area (Å²) < 4.78 is 0. The monoisotopic (exact) mass is 246 g/mol. The largest absolute Gasteiger partial charge is 0.313 e. The molecule has 0 saturated heterocycles. The highest BCUT2D eigenvalue weighted by Crippen LogP contribution is 2.08. The Labute approximate surface area is 112 Å². The minimum atomic E-state index is 0.960. The number of nitrogens with zero attached hydrogens (tertiary/aromatic N) is 1. The van der Waals surface area contributed by atoms with Gasteiger partial charge in [0, 0.05) is 19.6 Å². The van der Waals surface area contributed by atoms with Crippen molar-refractivity contribution in [1.29, 1.82) is 0 Å². The highest BCUT2D eigenvalue weighted by molar-refractivity contribution is 5.22. The van der Waals surface area contributed by atoms with Crippen LogP contribution in [0.3, 0.4) is 0 Å². The fourth-order valence-electron chi connectivity index (χ4n) is 2.02. The maximum absolute atomic E-state index is 3.82. The van der Waals surface area contributed by atoms with Crippen LogP contribution >= 0.6 is 0 Å². The molecule has 0 aliphatic carbocycles. The zero-order valence-corrected chi connectivity index (χ0v) is 11.8. The summed E-state index contributed by atoms with van der Waals surface area (Å²) in [5, 5.41) is 3.34. The molecule has 0 atom stereocenters. The molecule has 1 aromatic rings. The molecule has 2 nitrogen and oxygen atoms in total. The van der Waals surface area contributed by atoms with Crippen molar-refractivity contribution in [3.05, 3.63) is 48.0 Å². The molecule has 0 bridgehead atoms. The van der Waals surface area contributed by atoms with Crippen LogP contribution in [0.1, 0.15) is 31.4 Å². The first-order valence-corrected chi connectivity index (χ1v) is 6.91. The fraction of sp³-hybridized carbons (Fsp3) is 0.500. The van der Waals surface area contributed by atoms with Gasteiger partial charge in [0.15, 0.2) is 0 Å². The Morgan fingerprint density at radius 3 is 2.39 bits per heavy atom. The van der Waals surface area contributed by atoms with Gasteiger partial charge in [-0.3, -0.25) is 4.90 Å². The molecule has 0 spiro atoms. The normalized spacial score (nSPS) is 10.8. The van der Waals surface area contributed by atoms with Crippen LogP contribution in [0.4, 0.5) is 0 Å². The molecule has 18 heavy (non-hydrogen) atoms. The number of hydrogen-bond donors (Lipinski definition) is 1. The van der Waals surface area contributed by atoms with Gasteiger partial charge < -0.3 is 5.32 Å². The van der Waals surface area contributed by atoms with Crippen molar-refractivity contribution in [3.63, 3.8) is 0 Å². The third kappa shape index (κ3) is 5.48. The molecular weight excluding hydrogens is 220 g/mol. The van der Waals surface area contributed by atoms with Crippen molar-refractivity contribution >= 4 is 0 Å². The van der Waals surface area contributed by atoms with E-state index in [1.807, 2.05) is 6.08 Å². The standard InChI is InChI=1S/C16H26N2/c1-4-11-18(12-5-2)14-16-9-7-15(8-10-16)13-17-6-3/h4,7-10,17H,1,5-6,11-14H2,2-3H3. The van der Waals surface area contributed by atoms with Gasteiger partial charge in [-0.2, -0.15) is 0 Å². The number of nitrogens with one attached hydrogen (secondary N) is 1. The van der Waals surface area contributed by atoms with E-state index < -0.39 is 0 Å². The average molecular weight is 246 g/mol. The van der Waals surface area contributed by atoms with Crippen molar-refractivity contribution in [2.45, 2.75) is 33.4 Å². The van der Waals surface area contributed by atoms with E-state index in [0.29, 0.717) is 0 Å². The van der Waals surface area contributed by atoms with Gasteiger partial charge >= 0.3 is 0 Å². The van der Waals surface area contributed by atoms with Gasteiger partial charge in [-0.15, -0.1) is 6.58 Å². The molecule has 100 valence electrons. The van der Waals surface area contributed by atoms with Crippen molar-refractivity contribution < 1.29 is 0 Å². The minimum Gasteiger partial charge on any atom is -0.313 e. The minimum absolute atomic E-state index is 0.960. The van der Waals surface area contributed by atoms with Crippen molar-refractivity contribution in [2.24, 2.45) is 0 Å². The van der Waals surface area contributed by atoms with Crippen LogP contribution in [-0.2, 0) is 13.1 Å². The van der Waals surface area contributed by atoms with E-state index in [-0.39, 0.29) is 0 Å². The van der Waals surface area contributed by atoms with Gasteiger partial charge in [0.25, 0.3) is 0 Å². The van der Waals surface area contributed by atoms with E-state index in [4.69, 9.17) is 0 Å². The smallest absolute Gasteiger partial charge is 0.0237 e. The molecule has 0 saturated carbocycles. The number of hydrogen-bond acceptors (Lipinski definition) is 2. The highest BCUT2D eigenvalue weighted by atomic mass is 15.1. The van der Waals surface area contributed by atoms with Gasteiger partial charge in [-0.05, 0) is 30.6 Å². The second kappa shape index (κ2) is 8.90. The summed E-state index contributed by atoms with van der Waals surface area (Å²) in [7, 11) is 0. The molecule has 0 aliphatic heterocycles. The van der Waals surface area contributed by atoms with Crippen LogP contribution in [-0.4, -0.2) is 24.5 Å². The summed E-state index contributed by atoms with van der Waals surface area (Å²) in [5.41, 5.74) is 2.73. The lowest BCUT2D eigenvalue weighted by molar-refractivity contribution is 0.295. The van der Waals surface area contributed by atoms with Gasteiger partial charge in [0.2, 0.25) is 0 Å². The first-order chi connectivity index (χ1) is 8.80. The van der Waals surface area contributed by atoms with E-state index in [1.54, 1.807) is 0 Å². The predicted octanol–water partition coefficient (Wildman–Crippen LogP) is 3.19. The third-order valence-corrected chi connectivity index (χ3v) is 2.94. The van der Waals surface area contributed by atoms with Gasteiger partial charge in [-0.25, -0.2) is 0 Å². The molecule has 0 aromatic heterocycles. The van der Waals surface area contributed by atoms with Crippen LogP contribution in [0.25, 0.3) is 0 Å². The molecule has 0 amide bonds. The summed E-state index contributed by atoms with van der Waals surface area (Å²) in [6, 6.07) is 8.91. The Hall–Kier alpha value is -1.12. The van der Waals surface area contributed by atoms with E-state index in [1.165, 1.54) is 17.5 Å². The Bertz CT molecular complexity index is 329. The SMILES string of the molecule is C=CCN(CCC)Cc1ccc(CNCC)cc1. The van der Waals surface area contributed by atoms with Crippen LogP contribution in [0.2, 0.25) is 0 Å². The lowest BCUT2D eigenvalue weighted by Crippen LogP contribution is -2.24. The average Bonchev–Trinajstić information content (AvgIpc) is 2.38. The van der Waals surface area contributed by atoms with E-state index in [9.17, 15) is 0 Å². The summed E-state index contributed by atoms with van der Waals surface area (Å²) in [4.78, 5) is 2.42. The molecule has 0 unspecified atom stereocenters. The topological polar surface area (TPSA) is 15.3 Å². The molecule has 1 aromatic carbocycles. The third-order valence-electron chi connectivity index (χ3n) is 2.94. The van der Waals surface area contributed by atoms with Gasteiger partial charge in [-0.1, -0.05) is 44.2 Å². The zero-order valence-electron chi connectivity index (χ0n) is 11.8. The van der Waals surface area contributed by atoms with Gasteiger partial charge in [0.05, 0.1) is 0 Å². The zero-order chi connectivity index (χ0) is 13.2. The van der Waals surface area contributed by atoms with Crippen LogP contribution in [0.5, 0.6) is 0 Å². The summed E-state index contributed by atoms with van der Waals surface area (Å²) in [6.07, 6.45) is 3.17. The number of benzene rings is 1. The molecule has 0 aliphatic rings. The second-order valence-corrected chi connectivity index (χ2v) is 4.62. The Kier molecular flexibility index (Phi) is 7.38. The highest BCUT2D eigenvalue weighted by Gasteiger charge is 2.03. The van der Waals surface area contributed by atoms with Crippen molar-refractivity contribution in [1.82, 2.24) is 10.2 Å². The first kappa shape index (κ1) is 14.9. The van der Waals surface area contributed by atoms with E-state index in [2.05, 4.69) is 54.9 Å². The molecular formula is C16H26N2. The molecule has 1 rings (SSSR count). The number of rotatable bonds is 9. The first-order valence-electron chi connectivity index (χ1n) is 6.91. The Morgan fingerprint density at radius 2 is 1.83 bits per heavy atom. The second-order valence-electron chi connectivity index (χ2n) is 4.62. The van der Waals surface area contributed by atoms with Crippen LogP contribution in [0, 0.1) is 0 Å². The fourth-order valence-corrected chi connectivity index (χ4v) is 2.02. The molecule has 1 N–H and O–H groups in total. The quantitative estimate of drug-likeness (QED) is 0.673. The van der Waals surface area contributed by atoms with Crippen LogP contribution < -0.4 is 5.32 Å². The summed E-state index contributed by atoms with van der Waals surface area (Å²) in [6.45, 7) is 13.3. The lowest BCUT2D eigenvalue weighted by atomic mass is 10.1. The summed E-state index contributed by atoms with van der Waals surface area (Å²) >= 11 is 0. The molecule has 0 fully saturated rings. The van der Waals surface area contributed by atoms with Gasteiger partial charge in [0.1, 0.15) is 0 Å². The maximum Gasteiger partial charge on any atom is 0.0237 e. The molecule has 0 radical (unpaired) electrons. The molecule has 2 heteroatoms. The van der Waals surface area contributed by atoms with E-state index in [0.717, 1.165) is 32.7 Å².